The first-order chi connectivity index (χ1) is 12.0. The van der Waals surface area contributed by atoms with E-state index in [1.54, 1.807) is 6.07 Å². The Kier molecular flexibility index (Phi) is 4.67. The van der Waals surface area contributed by atoms with Crippen LogP contribution < -0.4 is 5.32 Å². The van der Waals surface area contributed by atoms with Gasteiger partial charge in [-0.25, -0.2) is 4.98 Å². The van der Waals surface area contributed by atoms with Crippen LogP contribution in [-0.2, 0) is 19.4 Å². The van der Waals surface area contributed by atoms with Crippen LogP contribution in [0.5, 0.6) is 0 Å². The number of aliphatic hydroxyl groups is 1. The van der Waals surface area contributed by atoms with Crippen LogP contribution in [0.2, 0.25) is 0 Å². The Balaban J connectivity index is 1.79. The van der Waals surface area contributed by atoms with Crippen LogP contribution in [-0.4, -0.2) is 32.2 Å². The number of nitriles is 1. The predicted molar refractivity (Wildman–Crippen MR) is 91.3 cm³/mol. The first kappa shape index (κ1) is 16.9. The van der Waals surface area contributed by atoms with E-state index in [0.29, 0.717) is 12.2 Å². The third-order valence-electron chi connectivity index (χ3n) is 4.53. The van der Waals surface area contributed by atoms with Crippen LogP contribution in [0.15, 0.2) is 18.2 Å². The number of anilines is 1. The number of fused-ring (bicyclic) bond motifs is 1. The number of benzene rings is 1. The number of nitrogens with one attached hydrogen (secondary N) is 1. The minimum atomic E-state index is -0.506. The summed E-state index contributed by atoms with van der Waals surface area (Å²) in [6.45, 7) is 2.56. The summed E-state index contributed by atoms with van der Waals surface area (Å²) in [6, 6.07) is 6.40. The minimum absolute atomic E-state index is 0.0830. The van der Waals surface area contributed by atoms with Crippen molar-refractivity contribution in [1.29, 1.82) is 5.26 Å². The van der Waals surface area contributed by atoms with Crippen LogP contribution in [0.3, 0.4) is 0 Å². The van der Waals surface area contributed by atoms with Gasteiger partial charge in [0, 0.05) is 36.8 Å². The summed E-state index contributed by atoms with van der Waals surface area (Å²) >= 11 is 0. The fraction of sp³-hybridized carbons (Fsp3) is 0.412. The van der Waals surface area contributed by atoms with Crippen molar-refractivity contribution in [3.8, 4) is 6.07 Å². The maximum absolute atomic E-state index is 10.8. The number of non-ortho nitro benzene ring substituents is 1. The molecule has 0 aliphatic heterocycles. The number of nitro benzene ring substituents is 1. The molecule has 0 amide bonds. The van der Waals surface area contributed by atoms with Crippen molar-refractivity contribution in [3.05, 3.63) is 51.1 Å². The Morgan fingerprint density at radius 1 is 1.56 bits per heavy atom. The van der Waals surface area contributed by atoms with Crippen molar-refractivity contribution in [2.75, 3.05) is 11.9 Å². The lowest BCUT2D eigenvalue weighted by molar-refractivity contribution is -0.384. The highest BCUT2D eigenvalue weighted by Crippen LogP contribution is 2.27. The highest BCUT2D eigenvalue weighted by Gasteiger charge is 2.25. The molecule has 130 valence electrons. The number of rotatable bonds is 5. The SMILES string of the molecule is Cc1nc2c(n1CCO)CCC(Nc1ccc([N+](=O)[O-])cc1C#N)C2. The summed E-state index contributed by atoms with van der Waals surface area (Å²) in [5.74, 6) is 0.896. The molecule has 8 nitrogen and oxygen atoms in total. The molecule has 0 saturated heterocycles. The summed E-state index contributed by atoms with van der Waals surface area (Å²) in [4.78, 5) is 14.9. The molecule has 0 bridgehead atoms. The zero-order chi connectivity index (χ0) is 18.0. The third-order valence-corrected chi connectivity index (χ3v) is 4.53. The molecule has 8 heteroatoms. The lowest BCUT2D eigenvalue weighted by Crippen LogP contribution is -2.28. The van der Waals surface area contributed by atoms with Crippen molar-refractivity contribution in [3.63, 3.8) is 0 Å². The summed E-state index contributed by atoms with van der Waals surface area (Å²) < 4.78 is 2.05. The molecule has 1 atom stereocenters. The number of imidazole rings is 1. The minimum Gasteiger partial charge on any atom is -0.395 e. The molecule has 1 heterocycles. The lowest BCUT2D eigenvalue weighted by Gasteiger charge is -2.25. The van der Waals surface area contributed by atoms with Gasteiger partial charge in [0.15, 0.2) is 0 Å². The fourth-order valence-electron chi connectivity index (χ4n) is 3.36. The molecule has 2 N–H and O–H groups in total. The molecule has 0 spiro atoms. The van der Waals surface area contributed by atoms with E-state index in [0.717, 1.165) is 36.5 Å². The normalized spacial score (nSPS) is 16.1. The van der Waals surface area contributed by atoms with E-state index in [9.17, 15) is 20.5 Å². The van der Waals surface area contributed by atoms with E-state index in [4.69, 9.17) is 0 Å². The highest BCUT2D eigenvalue weighted by molar-refractivity contribution is 5.62. The molecule has 1 unspecified atom stereocenters. The molecule has 2 aromatic rings. The van der Waals surface area contributed by atoms with E-state index in [1.165, 1.54) is 12.1 Å². The maximum Gasteiger partial charge on any atom is 0.270 e. The quantitative estimate of drug-likeness (QED) is 0.634. The molecular formula is C17H19N5O3. The van der Waals surface area contributed by atoms with Crippen LogP contribution in [0.25, 0.3) is 0 Å². The van der Waals surface area contributed by atoms with Crippen molar-refractivity contribution in [1.82, 2.24) is 9.55 Å². The molecule has 1 aromatic heterocycles. The molecule has 0 fully saturated rings. The van der Waals surface area contributed by atoms with Gasteiger partial charge in [0.05, 0.1) is 28.5 Å². The standard InChI is InChI=1S/C17H19N5O3/c1-11-19-16-9-13(2-5-17(16)21(11)6-7-23)20-15-4-3-14(22(24)25)8-12(15)10-18/h3-4,8,13,20,23H,2,5-7,9H2,1H3. The van der Waals surface area contributed by atoms with Crippen LogP contribution in [0.1, 0.15) is 29.2 Å². The predicted octanol–water partition coefficient (Wildman–Crippen LogP) is 1.93. The average Bonchev–Trinajstić information content (AvgIpc) is 2.90. The van der Waals surface area contributed by atoms with E-state index < -0.39 is 4.92 Å². The smallest absolute Gasteiger partial charge is 0.270 e. The lowest BCUT2D eigenvalue weighted by atomic mass is 9.95. The maximum atomic E-state index is 10.8. The first-order valence-corrected chi connectivity index (χ1v) is 8.14. The van der Waals surface area contributed by atoms with Crippen LogP contribution >= 0.6 is 0 Å². The Hall–Kier alpha value is -2.92. The Labute approximate surface area is 144 Å². The number of aromatic nitrogens is 2. The second-order valence-electron chi connectivity index (χ2n) is 6.11. The average molecular weight is 341 g/mol. The first-order valence-electron chi connectivity index (χ1n) is 8.14. The van der Waals surface area contributed by atoms with Gasteiger partial charge in [-0.05, 0) is 25.8 Å². The molecule has 1 aliphatic rings. The summed E-state index contributed by atoms with van der Waals surface area (Å²) in [6.07, 6.45) is 2.42. The molecule has 1 aliphatic carbocycles. The van der Waals surface area contributed by atoms with Crippen molar-refractivity contribution in [2.24, 2.45) is 0 Å². The van der Waals surface area contributed by atoms with Crippen molar-refractivity contribution in [2.45, 2.75) is 38.8 Å². The number of hydrogen-bond donors (Lipinski definition) is 2. The topological polar surface area (TPSA) is 117 Å². The van der Waals surface area contributed by atoms with Gasteiger partial charge >= 0.3 is 0 Å². The summed E-state index contributed by atoms with van der Waals surface area (Å²) in [5.41, 5.74) is 2.95. The third kappa shape index (κ3) is 3.32. The largest absolute Gasteiger partial charge is 0.395 e. The molecule has 3 rings (SSSR count). The number of hydrogen-bond acceptors (Lipinski definition) is 6. The molecule has 0 radical (unpaired) electrons. The van der Waals surface area contributed by atoms with Gasteiger partial charge in [-0.15, -0.1) is 0 Å². The van der Waals surface area contributed by atoms with E-state index in [-0.39, 0.29) is 23.9 Å². The van der Waals surface area contributed by atoms with Gasteiger partial charge in [-0.2, -0.15) is 5.26 Å². The monoisotopic (exact) mass is 341 g/mol. The molecule has 1 aromatic carbocycles. The Morgan fingerprint density at radius 2 is 2.36 bits per heavy atom. The second kappa shape index (κ2) is 6.91. The van der Waals surface area contributed by atoms with E-state index in [2.05, 4.69) is 14.9 Å². The molecule has 25 heavy (non-hydrogen) atoms. The van der Waals surface area contributed by atoms with E-state index >= 15 is 0 Å². The van der Waals surface area contributed by atoms with Gasteiger partial charge < -0.3 is 15.0 Å². The number of aliphatic hydroxyl groups excluding tert-OH is 1. The second-order valence-corrected chi connectivity index (χ2v) is 6.11. The van der Waals surface area contributed by atoms with Crippen LogP contribution in [0, 0.1) is 28.4 Å². The summed E-state index contributed by atoms with van der Waals surface area (Å²) in [5, 5.41) is 32.6. The number of nitrogens with zero attached hydrogens (tertiary/aromatic N) is 4. The fourth-order valence-corrected chi connectivity index (χ4v) is 3.36. The van der Waals surface area contributed by atoms with Gasteiger partial charge in [-0.3, -0.25) is 10.1 Å². The molecular weight excluding hydrogens is 322 g/mol. The van der Waals surface area contributed by atoms with Gasteiger partial charge in [0.1, 0.15) is 11.9 Å². The Bertz CT molecular complexity index is 853. The van der Waals surface area contributed by atoms with Crippen molar-refractivity contribution < 1.29 is 10.0 Å². The number of nitro groups is 1. The highest BCUT2D eigenvalue weighted by atomic mass is 16.6. The van der Waals surface area contributed by atoms with Gasteiger partial charge in [0.25, 0.3) is 5.69 Å². The van der Waals surface area contributed by atoms with Gasteiger partial charge in [0.2, 0.25) is 0 Å². The molecule has 0 saturated carbocycles. The van der Waals surface area contributed by atoms with Crippen LogP contribution in [0.4, 0.5) is 11.4 Å². The number of aryl methyl sites for hydroxylation is 1. The van der Waals surface area contributed by atoms with Gasteiger partial charge in [-0.1, -0.05) is 0 Å². The van der Waals surface area contributed by atoms with Crippen molar-refractivity contribution >= 4 is 11.4 Å². The Morgan fingerprint density at radius 3 is 3.04 bits per heavy atom. The zero-order valence-electron chi connectivity index (χ0n) is 13.9. The zero-order valence-corrected chi connectivity index (χ0v) is 13.9. The summed E-state index contributed by atoms with van der Waals surface area (Å²) in [7, 11) is 0. The van der Waals surface area contributed by atoms with E-state index in [1.807, 2.05) is 13.0 Å².